The highest BCUT2D eigenvalue weighted by Gasteiger charge is 2.20. The molecule has 4 rings (SSSR count). The molecule has 0 atom stereocenters. The van der Waals surface area contributed by atoms with E-state index >= 15 is 0 Å². The van der Waals surface area contributed by atoms with Crippen LogP contribution in [0.1, 0.15) is 35.7 Å². The first-order chi connectivity index (χ1) is 15.5. The average molecular weight is 432 g/mol. The number of esters is 1. The van der Waals surface area contributed by atoms with Gasteiger partial charge in [0, 0.05) is 18.7 Å². The standard InChI is InChI=1S/C24H24N4O4/c1-3-4-14-27-21-19(22(29)26-24(27)31)28(15-16-8-6-5-7-9-16)20(25-21)17-10-12-18(13-11-17)23(30)32-2/h5-13H,3-4,14-15H2,1-2H3,(H,26,29,31). The minimum absolute atomic E-state index is 0.344. The van der Waals surface area contributed by atoms with Crippen molar-refractivity contribution < 1.29 is 9.53 Å². The van der Waals surface area contributed by atoms with Gasteiger partial charge in [0.25, 0.3) is 5.56 Å². The molecule has 2 aromatic carbocycles. The number of aromatic nitrogens is 4. The molecule has 0 saturated heterocycles. The van der Waals surface area contributed by atoms with Gasteiger partial charge in [-0.15, -0.1) is 0 Å². The minimum atomic E-state index is -0.474. The lowest BCUT2D eigenvalue weighted by Crippen LogP contribution is -2.31. The SMILES string of the molecule is CCCCn1c(=O)[nH]c(=O)c2c1nc(-c1ccc(C(=O)OC)cc1)n2Cc1ccccc1. The van der Waals surface area contributed by atoms with Crippen molar-refractivity contribution in [1.29, 1.82) is 0 Å². The third-order valence-electron chi connectivity index (χ3n) is 5.37. The molecule has 0 saturated carbocycles. The maximum atomic E-state index is 12.9. The van der Waals surface area contributed by atoms with E-state index in [9.17, 15) is 14.4 Å². The summed E-state index contributed by atoms with van der Waals surface area (Å²) in [5, 5.41) is 0. The maximum Gasteiger partial charge on any atom is 0.337 e. The van der Waals surface area contributed by atoms with Crippen molar-refractivity contribution in [3.63, 3.8) is 0 Å². The van der Waals surface area contributed by atoms with Crippen LogP contribution < -0.4 is 11.2 Å². The van der Waals surface area contributed by atoms with Crippen molar-refractivity contribution in [3.05, 3.63) is 86.6 Å². The quantitative estimate of drug-likeness (QED) is 0.452. The molecular formula is C24H24N4O4. The summed E-state index contributed by atoms with van der Waals surface area (Å²) in [7, 11) is 1.33. The van der Waals surface area contributed by atoms with Gasteiger partial charge >= 0.3 is 11.7 Å². The number of H-pyrrole nitrogens is 1. The number of hydrogen-bond donors (Lipinski definition) is 1. The molecule has 0 radical (unpaired) electrons. The Balaban J connectivity index is 1.95. The number of imidazole rings is 1. The Morgan fingerprint density at radius 3 is 2.41 bits per heavy atom. The van der Waals surface area contributed by atoms with Crippen LogP contribution in [0.3, 0.4) is 0 Å². The van der Waals surface area contributed by atoms with Gasteiger partial charge in [-0.2, -0.15) is 0 Å². The molecule has 164 valence electrons. The number of methoxy groups -OCH3 is 1. The van der Waals surface area contributed by atoms with Crippen LogP contribution >= 0.6 is 0 Å². The number of hydrogen-bond acceptors (Lipinski definition) is 5. The third-order valence-corrected chi connectivity index (χ3v) is 5.37. The number of rotatable bonds is 7. The van der Waals surface area contributed by atoms with Gasteiger partial charge in [-0.1, -0.05) is 55.8 Å². The first-order valence-corrected chi connectivity index (χ1v) is 10.5. The van der Waals surface area contributed by atoms with Crippen LogP contribution in [0.4, 0.5) is 0 Å². The first-order valence-electron chi connectivity index (χ1n) is 10.5. The van der Waals surface area contributed by atoms with Crippen LogP contribution in [-0.4, -0.2) is 32.2 Å². The largest absolute Gasteiger partial charge is 0.465 e. The molecule has 2 heterocycles. The van der Waals surface area contributed by atoms with Crippen molar-refractivity contribution in [1.82, 2.24) is 19.1 Å². The number of nitrogens with one attached hydrogen (secondary N) is 1. The highest BCUT2D eigenvalue weighted by molar-refractivity contribution is 5.90. The van der Waals surface area contributed by atoms with Gasteiger partial charge in [0.05, 0.1) is 12.7 Å². The molecule has 0 aliphatic heterocycles. The molecule has 0 bridgehead atoms. The number of nitrogens with zero attached hydrogens (tertiary/aromatic N) is 3. The lowest BCUT2D eigenvalue weighted by atomic mass is 10.1. The molecule has 2 aromatic heterocycles. The third kappa shape index (κ3) is 3.99. The summed E-state index contributed by atoms with van der Waals surface area (Å²) >= 11 is 0. The summed E-state index contributed by atoms with van der Waals surface area (Å²) in [6.07, 6.45) is 1.69. The first kappa shape index (κ1) is 21.3. The molecular weight excluding hydrogens is 408 g/mol. The fourth-order valence-electron chi connectivity index (χ4n) is 3.71. The lowest BCUT2D eigenvalue weighted by Gasteiger charge is -2.10. The van der Waals surface area contributed by atoms with Crippen LogP contribution in [0, 0.1) is 0 Å². The zero-order valence-electron chi connectivity index (χ0n) is 18.0. The second-order valence-electron chi connectivity index (χ2n) is 7.51. The number of ether oxygens (including phenoxy) is 1. The van der Waals surface area contributed by atoms with E-state index in [1.807, 2.05) is 41.8 Å². The number of unbranched alkanes of at least 4 members (excludes halogenated alkanes) is 1. The van der Waals surface area contributed by atoms with E-state index in [4.69, 9.17) is 9.72 Å². The summed E-state index contributed by atoms with van der Waals surface area (Å²) in [4.78, 5) is 44.4. The molecule has 4 aromatic rings. The molecule has 0 unspecified atom stereocenters. The van der Waals surface area contributed by atoms with E-state index in [0.29, 0.717) is 35.6 Å². The summed E-state index contributed by atoms with van der Waals surface area (Å²) < 4.78 is 8.11. The van der Waals surface area contributed by atoms with Gasteiger partial charge in [-0.05, 0) is 24.1 Å². The van der Waals surface area contributed by atoms with E-state index in [1.165, 1.54) is 11.7 Å². The number of benzene rings is 2. The zero-order valence-corrected chi connectivity index (χ0v) is 18.0. The van der Waals surface area contributed by atoms with Gasteiger partial charge in [-0.25, -0.2) is 14.6 Å². The van der Waals surface area contributed by atoms with Gasteiger partial charge in [0.2, 0.25) is 0 Å². The Morgan fingerprint density at radius 1 is 1.03 bits per heavy atom. The van der Waals surface area contributed by atoms with E-state index in [1.54, 1.807) is 24.3 Å². The van der Waals surface area contributed by atoms with E-state index in [-0.39, 0.29) is 0 Å². The normalized spacial score (nSPS) is 11.1. The highest BCUT2D eigenvalue weighted by Crippen LogP contribution is 2.24. The Labute approximate surface area is 184 Å². The van der Waals surface area contributed by atoms with E-state index in [2.05, 4.69) is 4.98 Å². The maximum absolute atomic E-state index is 12.9. The van der Waals surface area contributed by atoms with Crippen LogP contribution in [0.15, 0.2) is 64.2 Å². The summed E-state index contributed by atoms with van der Waals surface area (Å²) in [6.45, 7) is 2.91. The molecule has 1 N–H and O–H groups in total. The fourth-order valence-corrected chi connectivity index (χ4v) is 3.71. The van der Waals surface area contributed by atoms with Crippen molar-refractivity contribution in [2.24, 2.45) is 0 Å². The molecule has 0 aliphatic carbocycles. The predicted molar refractivity (Wildman–Crippen MR) is 122 cm³/mol. The topological polar surface area (TPSA) is 99.0 Å². The number of carbonyl (C=O) groups excluding carboxylic acids is 1. The summed E-state index contributed by atoms with van der Waals surface area (Å²) in [6, 6.07) is 16.6. The van der Waals surface area contributed by atoms with Crippen LogP contribution in [0.25, 0.3) is 22.6 Å². The average Bonchev–Trinajstić information content (AvgIpc) is 3.18. The van der Waals surface area contributed by atoms with Crippen LogP contribution in [0.5, 0.6) is 0 Å². The van der Waals surface area contributed by atoms with Crippen LogP contribution in [-0.2, 0) is 17.8 Å². The van der Waals surface area contributed by atoms with Crippen molar-refractivity contribution in [3.8, 4) is 11.4 Å². The molecule has 0 amide bonds. The molecule has 32 heavy (non-hydrogen) atoms. The molecule has 0 spiro atoms. The molecule has 0 aliphatic rings. The molecule has 8 nitrogen and oxygen atoms in total. The number of aryl methyl sites for hydroxylation is 1. The monoisotopic (exact) mass is 432 g/mol. The smallest absolute Gasteiger partial charge is 0.337 e. The number of fused-ring (bicyclic) bond motifs is 1. The summed E-state index contributed by atoms with van der Waals surface area (Å²) in [5.41, 5.74) is 1.89. The Kier molecular flexibility index (Phi) is 6.02. The second-order valence-corrected chi connectivity index (χ2v) is 7.51. The van der Waals surface area contributed by atoms with E-state index < -0.39 is 17.2 Å². The lowest BCUT2D eigenvalue weighted by molar-refractivity contribution is 0.0600. The second kappa shape index (κ2) is 9.05. The summed E-state index contributed by atoms with van der Waals surface area (Å²) in [5.74, 6) is 0.112. The van der Waals surface area contributed by atoms with E-state index in [0.717, 1.165) is 24.0 Å². The van der Waals surface area contributed by atoms with Crippen molar-refractivity contribution >= 4 is 17.1 Å². The van der Waals surface area contributed by atoms with Gasteiger partial charge < -0.3 is 9.30 Å². The van der Waals surface area contributed by atoms with Crippen LogP contribution in [0.2, 0.25) is 0 Å². The van der Waals surface area contributed by atoms with Gasteiger partial charge in [0.1, 0.15) is 5.82 Å². The predicted octanol–water partition coefficient (Wildman–Crippen LogP) is 3.19. The van der Waals surface area contributed by atoms with Crippen molar-refractivity contribution in [2.75, 3.05) is 7.11 Å². The number of aromatic amines is 1. The van der Waals surface area contributed by atoms with Gasteiger partial charge in [0.15, 0.2) is 11.2 Å². The van der Waals surface area contributed by atoms with Gasteiger partial charge in [-0.3, -0.25) is 14.3 Å². The fraction of sp³-hybridized carbons (Fsp3) is 0.250. The Bertz CT molecular complexity index is 1370. The van der Waals surface area contributed by atoms with Crippen molar-refractivity contribution in [2.45, 2.75) is 32.9 Å². The Morgan fingerprint density at radius 2 is 1.75 bits per heavy atom. The minimum Gasteiger partial charge on any atom is -0.465 e. The zero-order chi connectivity index (χ0) is 22.7. The molecule has 0 fully saturated rings. The highest BCUT2D eigenvalue weighted by atomic mass is 16.5. The Hall–Kier alpha value is -3.94. The number of carbonyl (C=O) groups is 1. The molecule has 8 heteroatoms.